The molecule has 0 radical (unpaired) electrons. The van der Waals surface area contributed by atoms with Crippen LogP contribution < -0.4 is 16.8 Å². The van der Waals surface area contributed by atoms with E-state index in [9.17, 15) is 9.59 Å². The number of nitrogens with two attached hydrogens (primary N) is 2. The third kappa shape index (κ3) is 5.92. The minimum Gasteiger partial charge on any atom is -0.478 e. The van der Waals surface area contributed by atoms with E-state index in [0.717, 1.165) is 0 Å². The van der Waals surface area contributed by atoms with Crippen molar-refractivity contribution in [3.63, 3.8) is 0 Å². The quantitative estimate of drug-likeness (QED) is 0.506. The van der Waals surface area contributed by atoms with Gasteiger partial charge < -0.3 is 21.9 Å². The standard InChI is InChI=1S/C12H14N2O.C7H7NO2/c1-4-12(2,3)14-11(15)9-7-5-6-8-10(9)13;8-6-4-2-1-3-5(6)7(9)10/h1,5-8H,13H2,2-3H3,(H,14,15);1-4H,8H2,(H,9,10). The molecule has 0 unspecified atom stereocenters. The number of anilines is 2. The molecule has 2 aromatic rings. The highest BCUT2D eigenvalue weighted by Crippen LogP contribution is 2.12. The predicted molar refractivity (Wildman–Crippen MR) is 99.0 cm³/mol. The minimum absolute atomic E-state index is 0.155. The van der Waals surface area contributed by atoms with Gasteiger partial charge in [-0.1, -0.05) is 30.2 Å². The van der Waals surface area contributed by atoms with Gasteiger partial charge in [0, 0.05) is 11.4 Å². The fraction of sp³-hybridized carbons (Fsp3) is 0.158. The van der Waals surface area contributed by atoms with Crippen LogP contribution in [0.1, 0.15) is 34.6 Å². The minimum atomic E-state index is -0.988. The molecule has 6 N–H and O–H groups in total. The fourth-order valence-electron chi connectivity index (χ4n) is 1.78. The molecule has 1 amide bonds. The highest BCUT2D eigenvalue weighted by molar-refractivity contribution is 5.99. The Morgan fingerprint density at radius 3 is 1.80 bits per heavy atom. The van der Waals surface area contributed by atoms with E-state index in [2.05, 4.69) is 11.2 Å². The highest BCUT2D eigenvalue weighted by Gasteiger charge is 2.19. The number of para-hydroxylation sites is 2. The fourth-order valence-corrected chi connectivity index (χ4v) is 1.78. The van der Waals surface area contributed by atoms with E-state index in [1.807, 2.05) is 0 Å². The van der Waals surface area contributed by atoms with Gasteiger partial charge in [-0.05, 0) is 38.1 Å². The zero-order valence-electron chi connectivity index (χ0n) is 14.1. The molecule has 0 saturated carbocycles. The van der Waals surface area contributed by atoms with Crippen molar-refractivity contribution in [2.45, 2.75) is 19.4 Å². The summed E-state index contributed by atoms with van der Waals surface area (Å²) in [6.45, 7) is 3.51. The summed E-state index contributed by atoms with van der Waals surface area (Å²) in [7, 11) is 0. The summed E-state index contributed by atoms with van der Waals surface area (Å²) >= 11 is 0. The van der Waals surface area contributed by atoms with Crippen LogP contribution in [-0.4, -0.2) is 22.5 Å². The molecule has 130 valence electrons. The van der Waals surface area contributed by atoms with Gasteiger partial charge in [-0.15, -0.1) is 6.42 Å². The molecular weight excluding hydrogens is 318 g/mol. The Kier molecular flexibility index (Phi) is 6.59. The molecule has 0 spiro atoms. The van der Waals surface area contributed by atoms with Gasteiger partial charge in [0.1, 0.15) is 0 Å². The first-order chi connectivity index (χ1) is 11.7. The SMILES string of the molecule is C#CC(C)(C)NC(=O)c1ccccc1N.Nc1ccccc1C(=O)O. The number of hydrogen-bond acceptors (Lipinski definition) is 4. The first kappa shape index (κ1) is 19.6. The zero-order valence-corrected chi connectivity index (χ0v) is 14.1. The van der Waals surface area contributed by atoms with Crippen LogP contribution in [-0.2, 0) is 0 Å². The van der Waals surface area contributed by atoms with E-state index in [1.165, 1.54) is 6.07 Å². The number of nitrogens with one attached hydrogen (secondary N) is 1. The maximum Gasteiger partial charge on any atom is 0.337 e. The average Bonchev–Trinajstić information content (AvgIpc) is 2.55. The Labute approximate surface area is 146 Å². The van der Waals surface area contributed by atoms with Gasteiger partial charge in [-0.3, -0.25) is 4.79 Å². The van der Waals surface area contributed by atoms with Crippen molar-refractivity contribution in [1.82, 2.24) is 5.32 Å². The Bertz CT molecular complexity index is 808. The molecule has 0 fully saturated rings. The van der Waals surface area contributed by atoms with Gasteiger partial charge in [-0.25, -0.2) is 4.79 Å². The van der Waals surface area contributed by atoms with Gasteiger partial charge in [0.05, 0.1) is 16.7 Å². The van der Waals surface area contributed by atoms with Crippen molar-refractivity contribution in [2.75, 3.05) is 11.5 Å². The number of amides is 1. The molecule has 25 heavy (non-hydrogen) atoms. The van der Waals surface area contributed by atoms with Gasteiger partial charge in [0.2, 0.25) is 0 Å². The molecule has 0 aliphatic carbocycles. The van der Waals surface area contributed by atoms with Crippen molar-refractivity contribution in [2.24, 2.45) is 0 Å². The number of hydrogen-bond donors (Lipinski definition) is 4. The van der Waals surface area contributed by atoms with Crippen molar-refractivity contribution >= 4 is 23.3 Å². The summed E-state index contributed by atoms with van der Waals surface area (Å²) in [6.07, 6.45) is 5.27. The number of nitrogen functional groups attached to an aromatic ring is 2. The topological polar surface area (TPSA) is 118 Å². The number of carbonyl (C=O) groups excluding carboxylic acids is 1. The Balaban J connectivity index is 0.000000271. The van der Waals surface area contributed by atoms with Crippen LogP contribution in [0.15, 0.2) is 48.5 Å². The van der Waals surface area contributed by atoms with Crippen molar-refractivity contribution in [1.29, 1.82) is 0 Å². The number of aromatic carboxylic acids is 1. The first-order valence-electron chi connectivity index (χ1n) is 7.40. The van der Waals surface area contributed by atoms with E-state index in [-0.39, 0.29) is 11.5 Å². The number of terminal acetylenes is 1. The molecule has 0 aromatic heterocycles. The van der Waals surface area contributed by atoms with Crippen LogP contribution >= 0.6 is 0 Å². The normalized spacial score (nSPS) is 9.96. The van der Waals surface area contributed by atoms with E-state index < -0.39 is 11.5 Å². The van der Waals surface area contributed by atoms with E-state index in [0.29, 0.717) is 16.9 Å². The summed E-state index contributed by atoms with van der Waals surface area (Å²) in [5, 5.41) is 11.2. The van der Waals surface area contributed by atoms with Crippen molar-refractivity contribution < 1.29 is 14.7 Å². The lowest BCUT2D eigenvalue weighted by molar-refractivity contribution is 0.0697. The summed E-state index contributed by atoms with van der Waals surface area (Å²) in [5.74, 6) is 1.25. The second-order valence-electron chi connectivity index (χ2n) is 5.70. The third-order valence-electron chi connectivity index (χ3n) is 3.18. The maximum absolute atomic E-state index is 11.8. The lowest BCUT2D eigenvalue weighted by atomic mass is 10.1. The van der Waals surface area contributed by atoms with E-state index >= 15 is 0 Å². The molecule has 2 rings (SSSR count). The van der Waals surface area contributed by atoms with Crippen LogP contribution in [0.25, 0.3) is 0 Å². The van der Waals surface area contributed by atoms with E-state index in [1.54, 1.807) is 56.3 Å². The molecule has 0 saturated heterocycles. The smallest absolute Gasteiger partial charge is 0.337 e. The van der Waals surface area contributed by atoms with Crippen LogP contribution in [0.3, 0.4) is 0 Å². The Morgan fingerprint density at radius 2 is 1.44 bits per heavy atom. The predicted octanol–water partition coefficient (Wildman–Crippen LogP) is 2.38. The number of carboxylic acid groups (broad SMARTS) is 1. The number of carbonyl (C=O) groups is 2. The summed E-state index contributed by atoms with van der Waals surface area (Å²) in [5.41, 5.74) is 11.7. The number of benzene rings is 2. The van der Waals surface area contributed by atoms with Crippen LogP contribution in [0, 0.1) is 12.3 Å². The van der Waals surface area contributed by atoms with Gasteiger partial charge in [-0.2, -0.15) is 0 Å². The first-order valence-corrected chi connectivity index (χ1v) is 7.40. The molecule has 0 aliphatic rings. The molecular formula is C19H21N3O3. The average molecular weight is 339 g/mol. The number of carboxylic acids is 1. The Morgan fingerprint density at radius 1 is 1.00 bits per heavy atom. The maximum atomic E-state index is 11.8. The zero-order chi connectivity index (χ0) is 19.0. The van der Waals surface area contributed by atoms with Gasteiger partial charge in [0.25, 0.3) is 5.91 Å². The highest BCUT2D eigenvalue weighted by atomic mass is 16.4. The third-order valence-corrected chi connectivity index (χ3v) is 3.18. The lowest BCUT2D eigenvalue weighted by Crippen LogP contribution is -2.42. The van der Waals surface area contributed by atoms with Gasteiger partial charge in [0.15, 0.2) is 0 Å². The Hall–Kier alpha value is -3.46. The van der Waals surface area contributed by atoms with Crippen LogP contribution in [0.2, 0.25) is 0 Å². The molecule has 0 atom stereocenters. The summed E-state index contributed by atoms with van der Waals surface area (Å²) < 4.78 is 0. The molecule has 0 aliphatic heterocycles. The lowest BCUT2D eigenvalue weighted by Gasteiger charge is -2.19. The van der Waals surface area contributed by atoms with E-state index in [4.69, 9.17) is 23.0 Å². The monoisotopic (exact) mass is 339 g/mol. The second kappa shape index (κ2) is 8.41. The molecule has 6 nitrogen and oxygen atoms in total. The molecule has 2 aromatic carbocycles. The van der Waals surface area contributed by atoms with Crippen LogP contribution in [0.5, 0.6) is 0 Å². The van der Waals surface area contributed by atoms with Gasteiger partial charge >= 0.3 is 5.97 Å². The summed E-state index contributed by atoms with van der Waals surface area (Å²) in [4.78, 5) is 22.1. The molecule has 0 bridgehead atoms. The van der Waals surface area contributed by atoms with Crippen molar-refractivity contribution in [3.05, 3.63) is 59.7 Å². The largest absolute Gasteiger partial charge is 0.478 e. The van der Waals surface area contributed by atoms with Crippen molar-refractivity contribution in [3.8, 4) is 12.3 Å². The second-order valence-corrected chi connectivity index (χ2v) is 5.70. The molecule has 0 heterocycles. The summed E-state index contributed by atoms with van der Waals surface area (Å²) in [6, 6.07) is 13.2. The molecule has 6 heteroatoms. The van der Waals surface area contributed by atoms with Crippen LogP contribution in [0.4, 0.5) is 11.4 Å². The number of rotatable bonds is 3.